The summed E-state index contributed by atoms with van der Waals surface area (Å²) in [5.41, 5.74) is 0.665. The third kappa shape index (κ3) is 4.29. The maximum atomic E-state index is 11.0. The first-order valence-electron chi connectivity index (χ1n) is 5.99. The van der Waals surface area contributed by atoms with Crippen molar-refractivity contribution in [2.45, 2.75) is 53.5 Å². The number of thiazole rings is 1. The van der Waals surface area contributed by atoms with E-state index in [1.807, 2.05) is 0 Å². The Morgan fingerprint density at radius 2 is 1.89 bits per heavy atom. The lowest BCUT2D eigenvalue weighted by Crippen LogP contribution is -2.35. The molecule has 1 rings (SSSR count). The van der Waals surface area contributed by atoms with Gasteiger partial charge < -0.3 is 10.4 Å². The van der Waals surface area contributed by atoms with E-state index >= 15 is 0 Å². The third-order valence-corrected chi connectivity index (χ3v) is 3.47. The second-order valence-electron chi connectivity index (χ2n) is 6.49. The molecule has 0 radical (unpaired) electrons. The van der Waals surface area contributed by atoms with Crippen LogP contribution in [0, 0.1) is 12.3 Å². The van der Waals surface area contributed by atoms with Crippen LogP contribution in [-0.4, -0.2) is 21.6 Å². The number of carbonyl (C=O) groups is 1. The molecule has 0 bridgehead atoms. The molecule has 1 aromatic rings. The fraction of sp³-hybridized carbons (Fsp3) is 0.692. The number of carboxylic acids is 1. The molecule has 0 unspecified atom stereocenters. The summed E-state index contributed by atoms with van der Waals surface area (Å²) < 4.78 is 0. The van der Waals surface area contributed by atoms with Crippen LogP contribution >= 0.6 is 11.3 Å². The first-order chi connectivity index (χ1) is 8.00. The number of nitrogens with one attached hydrogen (secondary N) is 1. The van der Waals surface area contributed by atoms with Gasteiger partial charge in [0.15, 0.2) is 5.13 Å². The highest BCUT2D eigenvalue weighted by Gasteiger charge is 2.27. The Balaban J connectivity index is 2.84. The van der Waals surface area contributed by atoms with Gasteiger partial charge in [0.25, 0.3) is 0 Å². The summed E-state index contributed by atoms with van der Waals surface area (Å²) in [6.45, 7) is 12.5. The van der Waals surface area contributed by atoms with Crippen molar-refractivity contribution in [2.75, 3.05) is 5.32 Å². The fourth-order valence-electron chi connectivity index (χ4n) is 2.31. The first kappa shape index (κ1) is 15.0. The maximum Gasteiger partial charge on any atom is 0.347 e. The number of hydrogen-bond donors (Lipinski definition) is 2. The largest absolute Gasteiger partial charge is 0.477 e. The average Bonchev–Trinajstić information content (AvgIpc) is 2.40. The highest BCUT2D eigenvalue weighted by Crippen LogP contribution is 2.31. The summed E-state index contributed by atoms with van der Waals surface area (Å²) in [6.07, 6.45) is 0.973. The van der Waals surface area contributed by atoms with E-state index in [1.54, 1.807) is 6.92 Å². The van der Waals surface area contributed by atoms with Crippen molar-refractivity contribution in [1.82, 2.24) is 4.98 Å². The zero-order valence-electron chi connectivity index (χ0n) is 11.9. The maximum absolute atomic E-state index is 11.0. The summed E-state index contributed by atoms with van der Waals surface area (Å²) in [4.78, 5) is 15.6. The normalized spacial score (nSPS) is 12.6. The lowest BCUT2D eigenvalue weighted by Gasteiger charge is -2.33. The van der Waals surface area contributed by atoms with Crippen molar-refractivity contribution >= 4 is 22.4 Å². The van der Waals surface area contributed by atoms with Crippen LogP contribution in [0.1, 0.15) is 56.4 Å². The van der Waals surface area contributed by atoms with Crippen LogP contribution in [-0.2, 0) is 0 Å². The highest BCUT2D eigenvalue weighted by atomic mass is 32.1. The van der Waals surface area contributed by atoms with Crippen LogP contribution in [0.3, 0.4) is 0 Å². The Morgan fingerprint density at radius 1 is 1.33 bits per heavy atom. The van der Waals surface area contributed by atoms with E-state index in [1.165, 1.54) is 11.3 Å². The molecule has 4 nitrogen and oxygen atoms in total. The summed E-state index contributed by atoms with van der Waals surface area (Å²) >= 11 is 1.20. The van der Waals surface area contributed by atoms with Crippen molar-refractivity contribution in [3.8, 4) is 0 Å². The molecule has 0 saturated heterocycles. The second kappa shape index (κ2) is 4.88. The SMILES string of the molecule is Cc1nc(NC(C)(C)CC(C)(C)C)sc1C(=O)O. The highest BCUT2D eigenvalue weighted by molar-refractivity contribution is 7.17. The quantitative estimate of drug-likeness (QED) is 0.874. The van der Waals surface area contributed by atoms with E-state index in [0.29, 0.717) is 15.7 Å². The predicted molar refractivity (Wildman–Crippen MR) is 75.6 cm³/mol. The van der Waals surface area contributed by atoms with Crippen LogP contribution in [0.15, 0.2) is 0 Å². The van der Waals surface area contributed by atoms with Crippen molar-refractivity contribution < 1.29 is 9.90 Å². The number of nitrogens with zero attached hydrogens (tertiary/aromatic N) is 1. The Labute approximate surface area is 112 Å². The molecule has 0 aliphatic heterocycles. The summed E-state index contributed by atoms with van der Waals surface area (Å²) in [5.74, 6) is -0.910. The molecule has 0 aliphatic carbocycles. The standard InChI is InChI=1S/C13H22N2O2S/c1-8-9(10(16)17)18-11(14-8)15-13(5,6)7-12(2,3)4/h7H2,1-6H3,(H,14,15)(H,16,17). The fourth-order valence-corrected chi connectivity index (χ4v) is 3.29. The van der Waals surface area contributed by atoms with Crippen molar-refractivity contribution in [2.24, 2.45) is 5.41 Å². The Kier molecular flexibility index (Phi) is 4.05. The lowest BCUT2D eigenvalue weighted by atomic mass is 9.82. The van der Waals surface area contributed by atoms with Gasteiger partial charge in [0, 0.05) is 5.54 Å². The van der Waals surface area contributed by atoms with Crippen LogP contribution in [0.5, 0.6) is 0 Å². The molecule has 0 aromatic carbocycles. The number of carboxylic acid groups (broad SMARTS) is 1. The van der Waals surface area contributed by atoms with Crippen LogP contribution in [0.25, 0.3) is 0 Å². The van der Waals surface area contributed by atoms with Crippen molar-refractivity contribution in [3.63, 3.8) is 0 Å². The number of aromatic nitrogens is 1. The van der Waals surface area contributed by atoms with Gasteiger partial charge in [-0.05, 0) is 32.6 Å². The molecule has 0 spiro atoms. The average molecular weight is 270 g/mol. The van der Waals surface area contributed by atoms with Gasteiger partial charge in [-0.25, -0.2) is 9.78 Å². The molecule has 18 heavy (non-hydrogen) atoms. The second-order valence-corrected chi connectivity index (χ2v) is 7.48. The van der Waals surface area contributed by atoms with Gasteiger partial charge in [0.1, 0.15) is 4.88 Å². The van der Waals surface area contributed by atoms with E-state index in [2.05, 4.69) is 44.9 Å². The minimum Gasteiger partial charge on any atom is -0.477 e. The molecule has 0 fully saturated rings. The number of anilines is 1. The van der Waals surface area contributed by atoms with Crippen LogP contribution in [0.2, 0.25) is 0 Å². The molecular formula is C13H22N2O2S. The van der Waals surface area contributed by atoms with Gasteiger partial charge >= 0.3 is 5.97 Å². The van der Waals surface area contributed by atoms with Gasteiger partial charge in [0.2, 0.25) is 0 Å². The molecule has 102 valence electrons. The van der Waals surface area contributed by atoms with E-state index in [9.17, 15) is 4.79 Å². The smallest absolute Gasteiger partial charge is 0.347 e. The minimum absolute atomic E-state index is 0.113. The zero-order valence-corrected chi connectivity index (χ0v) is 12.7. The molecule has 0 amide bonds. The van der Waals surface area contributed by atoms with Gasteiger partial charge in [0.05, 0.1) is 5.69 Å². The van der Waals surface area contributed by atoms with Crippen molar-refractivity contribution in [1.29, 1.82) is 0 Å². The molecule has 5 heteroatoms. The summed E-state index contributed by atoms with van der Waals surface area (Å²) in [6, 6.07) is 0. The minimum atomic E-state index is -0.910. The summed E-state index contributed by atoms with van der Waals surface area (Å²) in [5, 5.41) is 13.0. The van der Waals surface area contributed by atoms with E-state index in [-0.39, 0.29) is 11.0 Å². The lowest BCUT2D eigenvalue weighted by molar-refractivity contribution is 0.0701. The molecular weight excluding hydrogens is 248 g/mol. The molecule has 0 aliphatic rings. The van der Waals surface area contributed by atoms with Crippen LogP contribution in [0.4, 0.5) is 5.13 Å². The number of aryl methyl sites for hydroxylation is 1. The molecule has 2 N–H and O–H groups in total. The van der Waals surface area contributed by atoms with Gasteiger partial charge in [-0.2, -0.15) is 0 Å². The van der Waals surface area contributed by atoms with Crippen molar-refractivity contribution in [3.05, 3.63) is 10.6 Å². The molecule has 1 heterocycles. The Bertz CT molecular complexity index is 444. The number of rotatable bonds is 4. The van der Waals surface area contributed by atoms with E-state index in [4.69, 9.17) is 5.11 Å². The Morgan fingerprint density at radius 3 is 2.28 bits per heavy atom. The third-order valence-electron chi connectivity index (χ3n) is 2.41. The Hall–Kier alpha value is -1.10. The topological polar surface area (TPSA) is 62.2 Å². The number of aromatic carboxylic acids is 1. The monoisotopic (exact) mass is 270 g/mol. The van der Waals surface area contributed by atoms with Gasteiger partial charge in [-0.1, -0.05) is 32.1 Å². The van der Waals surface area contributed by atoms with E-state index < -0.39 is 5.97 Å². The molecule has 1 aromatic heterocycles. The first-order valence-corrected chi connectivity index (χ1v) is 6.81. The van der Waals surface area contributed by atoms with Gasteiger partial charge in [-0.3, -0.25) is 0 Å². The predicted octanol–water partition coefficient (Wildman–Crippen LogP) is 3.78. The zero-order chi connectivity index (χ0) is 14.1. The van der Waals surface area contributed by atoms with E-state index in [0.717, 1.165) is 6.42 Å². The summed E-state index contributed by atoms with van der Waals surface area (Å²) in [7, 11) is 0. The number of hydrogen-bond acceptors (Lipinski definition) is 4. The molecule has 0 saturated carbocycles. The molecule has 0 atom stereocenters. The van der Waals surface area contributed by atoms with Crippen LogP contribution < -0.4 is 5.32 Å². The van der Waals surface area contributed by atoms with Gasteiger partial charge in [-0.15, -0.1) is 0 Å².